The van der Waals surface area contributed by atoms with E-state index in [1.807, 2.05) is 31.3 Å². The summed E-state index contributed by atoms with van der Waals surface area (Å²) in [4.78, 5) is 12.4. The largest absolute Gasteiger partial charge is 0.497 e. The minimum Gasteiger partial charge on any atom is -0.497 e. The molecule has 21 heavy (non-hydrogen) atoms. The molecule has 0 spiro atoms. The summed E-state index contributed by atoms with van der Waals surface area (Å²) in [5, 5.41) is 5.98. The van der Waals surface area contributed by atoms with E-state index in [0.717, 1.165) is 22.3 Å². The summed E-state index contributed by atoms with van der Waals surface area (Å²) >= 11 is 3.39. The van der Waals surface area contributed by atoms with E-state index in [4.69, 9.17) is 4.74 Å². The van der Waals surface area contributed by atoms with Gasteiger partial charge < -0.3 is 15.4 Å². The van der Waals surface area contributed by atoms with Gasteiger partial charge in [-0.3, -0.25) is 4.79 Å². The molecule has 5 heteroatoms. The highest BCUT2D eigenvalue weighted by Gasteiger charge is 2.11. The first kappa shape index (κ1) is 15.5. The zero-order valence-electron chi connectivity index (χ0n) is 11.9. The minimum absolute atomic E-state index is 0.178. The molecule has 4 nitrogen and oxygen atoms in total. The van der Waals surface area contributed by atoms with Gasteiger partial charge in [0.25, 0.3) is 5.91 Å². The van der Waals surface area contributed by atoms with Crippen LogP contribution in [-0.4, -0.2) is 20.1 Å². The van der Waals surface area contributed by atoms with Crippen LogP contribution >= 0.6 is 15.9 Å². The van der Waals surface area contributed by atoms with Crippen molar-refractivity contribution < 1.29 is 9.53 Å². The van der Waals surface area contributed by atoms with Crippen molar-refractivity contribution in [3.8, 4) is 5.75 Å². The van der Waals surface area contributed by atoms with Crippen molar-refractivity contribution in [1.82, 2.24) is 5.32 Å². The molecular formula is C16H17BrN2O2. The molecule has 0 aromatic heterocycles. The van der Waals surface area contributed by atoms with Crippen LogP contribution in [0.5, 0.6) is 5.75 Å². The lowest BCUT2D eigenvalue weighted by Gasteiger charge is -2.10. The van der Waals surface area contributed by atoms with Crippen LogP contribution in [0.1, 0.15) is 15.9 Å². The minimum atomic E-state index is -0.178. The zero-order valence-corrected chi connectivity index (χ0v) is 13.5. The summed E-state index contributed by atoms with van der Waals surface area (Å²) in [6.45, 7) is 0.757. The van der Waals surface area contributed by atoms with Crippen LogP contribution in [0.2, 0.25) is 0 Å². The Morgan fingerprint density at radius 2 is 2.05 bits per heavy atom. The SMILES string of the molecule is CNCc1cccc(NC(=O)c2cc(OC)ccc2Br)c1. The fourth-order valence-electron chi connectivity index (χ4n) is 1.97. The molecule has 2 N–H and O–H groups in total. The maximum atomic E-state index is 12.4. The molecule has 1 amide bonds. The summed E-state index contributed by atoms with van der Waals surface area (Å²) in [5.74, 6) is 0.467. The molecule has 0 aliphatic carbocycles. The molecule has 2 aromatic rings. The third-order valence-electron chi connectivity index (χ3n) is 2.98. The highest BCUT2D eigenvalue weighted by atomic mass is 79.9. The second kappa shape index (κ2) is 7.24. The number of rotatable bonds is 5. The molecule has 0 atom stereocenters. The van der Waals surface area contributed by atoms with E-state index in [2.05, 4.69) is 26.6 Å². The van der Waals surface area contributed by atoms with E-state index in [-0.39, 0.29) is 5.91 Å². The molecule has 0 fully saturated rings. The van der Waals surface area contributed by atoms with Crippen LogP contribution < -0.4 is 15.4 Å². The van der Waals surface area contributed by atoms with Crippen LogP contribution in [0, 0.1) is 0 Å². The third-order valence-corrected chi connectivity index (χ3v) is 3.68. The Labute approximate surface area is 132 Å². The van der Waals surface area contributed by atoms with Crippen molar-refractivity contribution in [2.45, 2.75) is 6.54 Å². The first-order chi connectivity index (χ1) is 10.1. The molecule has 110 valence electrons. The highest BCUT2D eigenvalue weighted by Crippen LogP contribution is 2.23. The molecule has 2 aromatic carbocycles. The van der Waals surface area contributed by atoms with Gasteiger partial charge in [0.15, 0.2) is 0 Å². The van der Waals surface area contributed by atoms with Gasteiger partial charge in [0.05, 0.1) is 12.7 Å². The van der Waals surface area contributed by atoms with E-state index < -0.39 is 0 Å². The summed E-state index contributed by atoms with van der Waals surface area (Å²) in [6, 6.07) is 13.0. The number of hydrogen-bond acceptors (Lipinski definition) is 3. The van der Waals surface area contributed by atoms with Gasteiger partial charge in [0.2, 0.25) is 0 Å². The lowest BCUT2D eigenvalue weighted by atomic mass is 10.1. The standard InChI is InChI=1S/C16H17BrN2O2/c1-18-10-11-4-3-5-12(8-11)19-16(20)14-9-13(21-2)6-7-15(14)17/h3-9,18H,10H2,1-2H3,(H,19,20). The molecule has 2 rings (SSSR count). The molecule has 0 radical (unpaired) electrons. The van der Waals surface area contributed by atoms with Crippen molar-refractivity contribution in [3.05, 3.63) is 58.1 Å². The van der Waals surface area contributed by atoms with Crippen molar-refractivity contribution in [3.63, 3.8) is 0 Å². The maximum Gasteiger partial charge on any atom is 0.256 e. The Bertz CT molecular complexity index is 644. The number of carbonyl (C=O) groups is 1. The van der Waals surface area contributed by atoms with Gasteiger partial charge >= 0.3 is 0 Å². The van der Waals surface area contributed by atoms with Crippen molar-refractivity contribution in [2.24, 2.45) is 0 Å². The summed E-state index contributed by atoms with van der Waals surface area (Å²) in [6.07, 6.45) is 0. The van der Waals surface area contributed by atoms with Gasteiger partial charge in [0.1, 0.15) is 5.75 Å². The predicted molar refractivity (Wildman–Crippen MR) is 87.9 cm³/mol. The smallest absolute Gasteiger partial charge is 0.256 e. The monoisotopic (exact) mass is 348 g/mol. The number of anilines is 1. The number of hydrogen-bond donors (Lipinski definition) is 2. The number of nitrogens with one attached hydrogen (secondary N) is 2. The predicted octanol–water partition coefficient (Wildman–Crippen LogP) is 3.43. The molecular weight excluding hydrogens is 332 g/mol. The van der Waals surface area contributed by atoms with Gasteiger partial charge in [-0.1, -0.05) is 12.1 Å². The van der Waals surface area contributed by atoms with Crippen molar-refractivity contribution in [1.29, 1.82) is 0 Å². The number of benzene rings is 2. The molecule has 0 saturated heterocycles. The van der Waals surface area contributed by atoms with Gasteiger partial charge in [-0.25, -0.2) is 0 Å². The summed E-state index contributed by atoms with van der Waals surface area (Å²) in [7, 11) is 3.46. The molecule has 0 aliphatic heterocycles. The molecule has 0 heterocycles. The third kappa shape index (κ3) is 4.06. The van der Waals surface area contributed by atoms with E-state index >= 15 is 0 Å². The number of halogens is 1. The normalized spacial score (nSPS) is 10.2. The van der Waals surface area contributed by atoms with Crippen LogP contribution in [0.4, 0.5) is 5.69 Å². The summed E-state index contributed by atoms with van der Waals surface area (Å²) in [5.41, 5.74) is 2.41. The maximum absolute atomic E-state index is 12.4. The van der Waals surface area contributed by atoms with Crippen molar-refractivity contribution >= 4 is 27.5 Å². The van der Waals surface area contributed by atoms with E-state index in [1.54, 1.807) is 25.3 Å². The van der Waals surface area contributed by atoms with Gasteiger partial charge in [-0.2, -0.15) is 0 Å². The topological polar surface area (TPSA) is 50.4 Å². The number of amides is 1. The quantitative estimate of drug-likeness (QED) is 0.870. The lowest BCUT2D eigenvalue weighted by Crippen LogP contribution is -2.13. The molecule has 0 unspecified atom stereocenters. The average Bonchev–Trinajstić information content (AvgIpc) is 2.48. The number of carbonyl (C=O) groups excluding carboxylic acids is 1. The lowest BCUT2D eigenvalue weighted by molar-refractivity contribution is 0.102. The van der Waals surface area contributed by atoms with Gasteiger partial charge in [0, 0.05) is 16.7 Å². The number of ether oxygens (including phenoxy) is 1. The molecule has 0 bridgehead atoms. The Morgan fingerprint density at radius 1 is 1.24 bits per heavy atom. The van der Waals surface area contributed by atoms with Gasteiger partial charge in [-0.15, -0.1) is 0 Å². The fraction of sp³-hybridized carbons (Fsp3) is 0.188. The Balaban J connectivity index is 2.19. The fourth-order valence-corrected chi connectivity index (χ4v) is 2.39. The van der Waals surface area contributed by atoms with E-state index in [9.17, 15) is 4.79 Å². The highest BCUT2D eigenvalue weighted by molar-refractivity contribution is 9.10. The van der Waals surface area contributed by atoms with Crippen LogP contribution in [0.3, 0.4) is 0 Å². The zero-order chi connectivity index (χ0) is 15.2. The van der Waals surface area contributed by atoms with E-state index in [1.165, 1.54) is 0 Å². The first-order valence-electron chi connectivity index (χ1n) is 6.52. The Hall–Kier alpha value is -1.85. The summed E-state index contributed by atoms with van der Waals surface area (Å²) < 4.78 is 5.88. The van der Waals surface area contributed by atoms with Crippen LogP contribution in [-0.2, 0) is 6.54 Å². The molecule has 0 saturated carbocycles. The number of methoxy groups -OCH3 is 1. The second-order valence-electron chi connectivity index (χ2n) is 4.53. The second-order valence-corrected chi connectivity index (χ2v) is 5.38. The average molecular weight is 349 g/mol. The Kier molecular flexibility index (Phi) is 5.36. The van der Waals surface area contributed by atoms with Crippen LogP contribution in [0.15, 0.2) is 46.9 Å². The van der Waals surface area contributed by atoms with E-state index in [0.29, 0.717) is 11.3 Å². The van der Waals surface area contributed by atoms with Crippen molar-refractivity contribution in [2.75, 3.05) is 19.5 Å². The Morgan fingerprint density at radius 3 is 2.76 bits per heavy atom. The van der Waals surface area contributed by atoms with Crippen LogP contribution in [0.25, 0.3) is 0 Å². The van der Waals surface area contributed by atoms with Gasteiger partial charge in [-0.05, 0) is 58.9 Å². The first-order valence-corrected chi connectivity index (χ1v) is 7.31. The molecule has 0 aliphatic rings.